The zero-order valence-electron chi connectivity index (χ0n) is 12.7. The van der Waals surface area contributed by atoms with E-state index in [1.165, 1.54) is 0 Å². The summed E-state index contributed by atoms with van der Waals surface area (Å²) in [7, 11) is 0. The molecular weight excluding hydrogens is 254 g/mol. The van der Waals surface area contributed by atoms with E-state index in [0.717, 1.165) is 55.4 Å². The van der Waals surface area contributed by atoms with Crippen LogP contribution in [0.3, 0.4) is 0 Å². The summed E-state index contributed by atoms with van der Waals surface area (Å²) >= 11 is 0. The SMILES string of the molecule is CCCNCc1cc2c(cc1OCC(C)CC)OCO2. The molecule has 1 N–H and O–H groups in total. The van der Waals surface area contributed by atoms with Gasteiger partial charge in [0.2, 0.25) is 6.79 Å². The van der Waals surface area contributed by atoms with Crippen LogP contribution in [0.1, 0.15) is 39.2 Å². The Morgan fingerprint density at radius 3 is 2.70 bits per heavy atom. The average molecular weight is 279 g/mol. The van der Waals surface area contributed by atoms with Crippen LogP contribution in [0.15, 0.2) is 12.1 Å². The molecule has 0 saturated carbocycles. The largest absolute Gasteiger partial charge is 0.493 e. The molecule has 1 heterocycles. The van der Waals surface area contributed by atoms with E-state index in [9.17, 15) is 0 Å². The van der Waals surface area contributed by atoms with Gasteiger partial charge in [0.1, 0.15) is 5.75 Å². The number of benzene rings is 1. The molecule has 20 heavy (non-hydrogen) atoms. The molecule has 0 fully saturated rings. The fourth-order valence-electron chi connectivity index (χ4n) is 1.99. The van der Waals surface area contributed by atoms with Crippen molar-refractivity contribution in [2.45, 2.75) is 40.2 Å². The maximum Gasteiger partial charge on any atom is 0.231 e. The summed E-state index contributed by atoms with van der Waals surface area (Å²) in [4.78, 5) is 0. The van der Waals surface area contributed by atoms with Crippen LogP contribution >= 0.6 is 0 Å². The van der Waals surface area contributed by atoms with Gasteiger partial charge in [-0.1, -0.05) is 27.2 Å². The van der Waals surface area contributed by atoms with Gasteiger partial charge in [0, 0.05) is 18.2 Å². The van der Waals surface area contributed by atoms with Crippen molar-refractivity contribution in [3.05, 3.63) is 17.7 Å². The Kier molecular flexibility index (Phi) is 5.53. The van der Waals surface area contributed by atoms with Crippen molar-refractivity contribution in [1.82, 2.24) is 5.32 Å². The standard InChI is InChI=1S/C16H25NO3/c1-4-6-17-9-13-7-15-16(20-11-19-15)8-14(13)18-10-12(3)5-2/h7-8,12,17H,4-6,9-11H2,1-3H3. The number of rotatable bonds is 8. The van der Waals surface area contributed by atoms with Crippen LogP contribution in [-0.4, -0.2) is 19.9 Å². The van der Waals surface area contributed by atoms with Gasteiger partial charge in [0.05, 0.1) is 6.61 Å². The predicted molar refractivity (Wildman–Crippen MR) is 79.5 cm³/mol. The van der Waals surface area contributed by atoms with Crippen LogP contribution in [0.4, 0.5) is 0 Å². The van der Waals surface area contributed by atoms with Crippen LogP contribution < -0.4 is 19.5 Å². The van der Waals surface area contributed by atoms with Gasteiger partial charge < -0.3 is 19.5 Å². The lowest BCUT2D eigenvalue weighted by Gasteiger charge is -2.15. The molecule has 0 saturated heterocycles. The Morgan fingerprint density at radius 1 is 1.25 bits per heavy atom. The zero-order chi connectivity index (χ0) is 14.4. The average Bonchev–Trinajstić information content (AvgIpc) is 2.91. The van der Waals surface area contributed by atoms with Crippen molar-refractivity contribution in [3.63, 3.8) is 0 Å². The topological polar surface area (TPSA) is 39.7 Å². The van der Waals surface area contributed by atoms with E-state index >= 15 is 0 Å². The first-order valence-electron chi connectivity index (χ1n) is 7.50. The third-order valence-corrected chi connectivity index (χ3v) is 3.52. The van der Waals surface area contributed by atoms with Gasteiger partial charge in [-0.2, -0.15) is 0 Å². The first-order valence-corrected chi connectivity index (χ1v) is 7.50. The molecule has 1 unspecified atom stereocenters. The number of ether oxygens (including phenoxy) is 3. The molecule has 1 aromatic carbocycles. The highest BCUT2D eigenvalue weighted by molar-refractivity contribution is 5.51. The highest BCUT2D eigenvalue weighted by atomic mass is 16.7. The molecule has 4 nitrogen and oxygen atoms in total. The molecule has 4 heteroatoms. The lowest BCUT2D eigenvalue weighted by molar-refractivity contribution is 0.173. The summed E-state index contributed by atoms with van der Waals surface area (Å²) in [5.41, 5.74) is 1.13. The Balaban J connectivity index is 2.09. The highest BCUT2D eigenvalue weighted by Crippen LogP contribution is 2.38. The summed E-state index contributed by atoms with van der Waals surface area (Å²) in [5.74, 6) is 3.05. The third-order valence-electron chi connectivity index (χ3n) is 3.52. The number of fused-ring (bicyclic) bond motifs is 1. The molecule has 0 spiro atoms. The second-order valence-corrected chi connectivity index (χ2v) is 5.31. The van der Waals surface area contributed by atoms with E-state index in [2.05, 4.69) is 26.1 Å². The normalized spacial score (nSPS) is 14.3. The fraction of sp³-hybridized carbons (Fsp3) is 0.625. The molecule has 1 aliphatic heterocycles. The summed E-state index contributed by atoms with van der Waals surface area (Å²) < 4.78 is 16.8. The van der Waals surface area contributed by atoms with E-state index < -0.39 is 0 Å². The summed E-state index contributed by atoms with van der Waals surface area (Å²) in [6.07, 6.45) is 2.24. The van der Waals surface area contributed by atoms with E-state index in [1.54, 1.807) is 0 Å². The summed E-state index contributed by atoms with van der Waals surface area (Å²) in [6.45, 7) is 9.36. The highest BCUT2D eigenvalue weighted by Gasteiger charge is 2.18. The van der Waals surface area contributed by atoms with Gasteiger partial charge in [-0.25, -0.2) is 0 Å². The first-order chi connectivity index (χ1) is 9.74. The van der Waals surface area contributed by atoms with Crippen molar-refractivity contribution in [1.29, 1.82) is 0 Å². The predicted octanol–water partition coefficient (Wildman–Crippen LogP) is 3.34. The zero-order valence-corrected chi connectivity index (χ0v) is 12.7. The van der Waals surface area contributed by atoms with Gasteiger partial charge in [0.25, 0.3) is 0 Å². The van der Waals surface area contributed by atoms with E-state index in [-0.39, 0.29) is 0 Å². The maximum atomic E-state index is 5.97. The van der Waals surface area contributed by atoms with Gasteiger partial charge in [-0.3, -0.25) is 0 Å². The van der Waals surface area contributed by atoms with Crippen LogP contribution in [-0.2, 0) is 6.54 Å². The molecular formula is C16H25NO3. The second-order valence-electron chi connectivity index (χ2n) is 5.31. The molecule has 0 aromatic heterocycles. The third kappa shape index (κ3) is 3.79. The van der Waals surface area contributed by atoms with Crippen LogP contribution in [0.25, 0.3) is 0 Å². The molecule has 0 radical (unpaired) electrons. The van der Waals surface area contributed by atoms with Crippen molar-refractivity contribution in [2.24, 2.45) is 5.92 Å². The van der Waals surface area contributed by atoms with Gasteiger partial charge in [0.15, 0.2) is 11.5 Å². The monoisotopic (exact) mass is 279 g/mol. The van der Waals surface area contributed by atoms with E-state index in [0.29, 0.717) is 12.7 Å². The molecule has 112 valence electrons. The smallest absolute Gasteiger partial charge is 0.231 e. The number of hydrogen-bond acceptors (Lipinski definition) is 4. The van der Waals surface area contributed by atoms with Crippen LogP contribution in [0, 0.1) is 5.92 Å². The Morgan fingerprint density at radius 2 is 2.00 bits per heavy atom. The van der Waals surface area contributed by atoms with Crippen LogP contribution in [0.2, 0.25) is 0 Å². The molecule has 2 rings (SSSR count). The van der Waals surface area contributed by atoms with E-state index in [1.807, 2.05) is 12.1 Å². The quantitative estimate of drug-likeness (QED) is 0.741. The Bertz CT molecular complexity index is 434. The van der Waals surface area contributed by atoms with Gasteiger partial charge >= 0.3 is 0 Å². The Labute approximate surface area is 121 Å². The van der Waals surface area contributed by atoms with Crippen molar-refractivity contribution in [3.8, 4) is 17.2 Å². The van der Waals surface area contributed by atoms with Crippen molar-refractivity contribution < 1.29 is 14.2 Å². The van der Waals surface area contributed by atoms with Gasteiger partial charge in [-0.15, -0.1) is 0 Å². The van der Waals surface area contributed by atoms with Gasteiger partial charge in [-0.05, 0) is 24.9 Å². The summed E-state index contributed by atoms with van der Waals surface area (Å²) in [5, 5.41) is 3.41. The molecule has 0 bridgehead atoms. The lowest BCUT2D eigenvalue weighted by atomic mass is 10.1. The van der Waals surface area contributed by atoms with Crippen molar-refractivity contribution >= 4 is 0 Å². The minimum absolute atomic E-state index is 0.298. The molecule has 1 aromatic rings. The molecule has 0 aliphatic carbocycles. The maximum absolute atomic E-state index is 5.97. The van der Waals surface area contributed by atoms with Crippen molar-refractivity contribution in [2.75, 3.05) is 19.9 Å². The Hall–Kier alpha value is -1.42. The minimum atomic E-state index is 0.298. The summed E-state index contributed by atoms with van der Waals surface area (Å²) in [6, 6.07) is 3.98. The fourth-order valence-corrected chi connectivity index (χ4v) is 1.99. The minimum Gasteiger partial charge on any atom is -0.493 e. The number of nitrogens with one attached hydrogen (secondary N) is 1. The first kappa shape index (κ1) is 15.0. The molecule has 1 atom stereocenters. The molecule has 1 aliphatic rings. The molecule has 0 amide bonds. The number of hydrogen-bond donors (Lipinski definition) is 1. The lowest BCUT2D eigenvalue weighted by Crippen LogP contribution is -2.15. The van der Waals surface area contributed by atoms with Crippen LogP contribution in [0.5, 0.6) is 17.2 Å². The second kappa shape index (κ2) is 7.39. The van der Waals surface area contributed by atoms with E-state index in [4.69, 9.17) is 14.2 Å².